The second-order valence-corrected chi connectivity index (χ2v) is 7.65. The van der Waals surface area contributed by atoms with Gasteiger partial charge < -0.3 is 10.0 Å². The number of phenolic OH excluding ortho intramolecular Hbond substituents is 1. The molecule has 0 aliphatic carbocycles. The normalized spacial score (nSPS) is 23.4. The quantitative estimate of drug-likeness (QED) is 0.729. The Morgan fingerprint density at radius 2 is 1.77 bits per heavy atom. The molecule has 0 aromatic heterocycles. The van der Waals surface area contributed by atoms with Gasteiger partial charge in [0.05, 0.1) is 0 Å². The van der Waals surface area contributed by atoms with E-state index >= 15 is 0 Å². The van der Waals surface area contributed by atoms with Crippen LogP contribution >= 0.6 is 12.4 Å². The molecule has 0 bridgehead atoms. The summed E-state index contributed by atoms with van der Waals surface area (Å²) in [5.41, 5.74) is 3.02. The smallest absolute Gasteiger partial charge is 0.115 e. The molecule has 2 aromatic carbocycles. The third-order valence-electron chi connectivity index (χ3n) is 6.03. The summed E-state index contributed by atoms with van der Waals surface area (Å²) in [6.07, 6.45) is 4.77. The molecule has 1 heterocycles. The van der Waals surface area contributed by atoms with E-state index in [9.17, 15) is 5.11 Å². The maximum Gasteiger partial charge on any atom is 0.115 e. The number of rotatable bonds is 6. The zero-order valence-corrected chi connectivity index (χ0v) is 16.8. The molecule has 1 fully saturated rings. The van der Waals surface area contributed by atoms with Crippen molar-refractivity contribution in [3.8, 4) is 5.75 Å². The molecule has 0 saturated carbocycles. The zero-order chi connectivity index (χ0) is 17.7. The van der Waals surface area contributed by atoms with Gasteiger partial charge in [-0.05, 0) is 55.0 Å². The summed E-state index contributed by atoms with van der Waals surface area (Å²) in [7, 11) is 0. The Hall–Kier alpha value is -1.51. The van der Waals surface area contributed by atoms with Gasteiger partial charge >= 0.3 is 0 Å². The Bertz CT molecular complexity index is 658. The number of hydrogen-bond acceptors (Lipinski definition) is 2. The van der Waals surface area contributed by atoms with E-state index in [0.29, 0.717) is 11.7 Å². The number of aromatic hydroxyl groups is 1. The number of nitrogens with zero attached hydrogens (tertiary/aromatic N) is 1. The van der Waals surface area contributed by atoms with Gasteiger partial charge in [-0.25, -0.2) is 0 Å². The highest BCUT2D eigenvalue weighted by molar-refractivity contribution is 5.85. The molecular weight excluding hydrogens is 342 g/mol. The van der Waals surface area contributed by atoms with E-state index in [4.69, 9.17) is 0 Å². The second-order valence-electron chi connectivity index (χ2n) is 7.65. The van der Waals surface area contributed by atoms with Gasteiger partial charge in [-0.2, -0.15) is 0 Å². The zero-order valence-electron chi connectivity index (χ0n) is 16.0. The maximum atomic E-state index is 9.69. The molecule has 1 aliphatic heterocycles. The highest BCUT2D eigenvalue weighted by Crippen LogP contribution is 2.42. The monoisotopic (exact) mass is 373 g/mol. The fourth-order valence-electron chi connectivity index (χ4n) is 4.49. The van der Waals surface area contributed by atoms with E-state index in [1.807, 2.05) is 12.1 Å². The van der Waals surface area contributed by atoms with Crippen LogP contribution in [0.15, 0.2) is 54.6 Å². The SMILES string of the molecule is CCCC1(c2ccc(O)cc2)CN(CCc2ccccc2)CCC1C.Cl. The molecule has 2 nitrogen and oxygen atoms in total. The maximum absolute atomic E-state index is 9.69. The molecule has 0 amide bonds. The number of halogens is 1. The molecule has 0 radical (unpaired) electrons. The predicted octanol–water partition coefficient (Wildman–Crippen LogP) is 5.44. The van der Waals surface area contributed by atoms with Crippen LogP contribution in [-0.2, 0) is 11.8 Å². The van der Waals surface area contributed by atoms with Crippen molar-refractivity contribution in [1.29, 1.82) is 0 Å². The molecule has 2 unspecified atom stereocenters. The number of likely N-dealkylation sites (tertiary alicyclic amines) is 1. The standard InChI is InChI=1S/C23H31NO.ClH/c1-3-15-23(21-9-11-22(25)12-10-21)18-24(16-13-19(23)2)17-14-20-7-5-4-6-8-20;/h4-12,19,25H,3,13-18H2,1-2H3;1H. The van der Waals surface area contributed by atoms with E-state index in [2.05, 4.69) is 61.2 Å². The van der Waals surface area contributed by atoms with Gasteiger partial charge in [-0.1, -0.05) is 62.7 Å². The van der Waals surface area contributed by atoms with Crippen LogP contribution in [0.1, 0.15) is 44.2 Å². The van der Waals surface area contributed by atoms with E-state index < -0.39 is 0 Å². The van der Waals surface area contributed by atoms with Crippen molar-refractivity contribution in [1.82, 2.24) is 4.90 Å². The highest BCUT2D eigenvalue weighted by Gasteiger charge is 2.41. The van der Waals surface area contributed by atoms with Gasteiger partial charge in [0.2, 0.25) is 0 Å². The summed E-state index contributed by atoms with van der Waals surface area (Å²) in [6, 6.07) is 18.8. The van der Waals surface area contributed by atoms with Gasteiger partial charge in [0, 0.05) is 18.5 Å². The van der Waals surface area contributed by atoms with Crippen molar-refractivity contribution >= 4 is 12.4 Å². The average Bonchev–Trinajstić information content (AvgIpc) is 2.64. The molecule has 1 aliphatic rings. The molecule has 0 spiro atoms. The van der Waals surface area contributed by atoms with Crippen molar-refractivity contribution in [2.24, 2.45) is 5.92 Å². The lowest BCUT2D eigenvalue weighted by Gasteiger charge is -2.48. The van der Waals surface area contributed by atoms with Gasteiger partial charge in [0.1, 0.15) is 5.75 Å². The number of phenols is 1. The van der Waals surface area contributed by atoms with Crippen LogP contribution in [0.2, 0.25) is 0 Å². The lowest BCUT2D eigenvalue weighted by Crippen LogP contribution is -2.51. The molecule has 3 rings (SSSR count). The van der Waals surface area contributed by atoms with Gasteiger partial charge in [-0.15, -0.1) is 12.4 Å². The Balaban J connectivity index is 0.00000243. The van der Waals surface area contributed by atoms with Gasteiger partial charge in [0.25, 0.3) is 0 Å². The fraction of sp³-hybridized carbons (Fsp3) is 0.478. The van der Waals surface area contributed by atoms with E-state index in [-0.39, 0.29) is 17.8 Å². The van der Waals surface area contributed by atoms with Crippen LogP contribution in [0.5, 0.6) is 5.75 Å². The summed E-state index contributed by atoms with van der Waals surface area (Å²) < 4.78 is 0. The first-order valence-corrected chi connectivity index (χ1v) is 9.70. The third-order valence-corrected chi connectivity index (χ3v) is 6.03. The molecule has 1 saturated heterocycles. The minimum absolute atomic E-state index is 0. The molecule has 142 valence electrons. The van der Waals surface area contributed by atoms with Crippen molar-refractivity contribution in [2.45, 2.75) is 44.9 Å². The van der Waals surface area contributed by atoms with Crippen LogP contribution in [-0.4, -0.2) is 29.6 Å². The molecular formula is C23H32ClNO. The number of hydrogen-bond donors (Lipinski definition) is 1. The largest absolute Gasteiger partial charge is 0.508 e. The Morgan fingerprint density at radius 1 is 1.08 bits per heavy atom. The van der Waals surface area contributed by atoms with Crippen LogP contribution in [0.25, 0.3) is 0 Å². The highest BCUT2D eigenvalue weighted by atomic mass is 35.5. The van der Waals surface area contributed by atoms with Crippen molar-refractivity contribution in [2.75, 3.05) is 19.6 Å². The Morgan fingerprint density at radius 3 is 2.42 bits per heavy atom. The van der Waals surface area contributed by atoms with Crippen LogP contribution in [0, 0.1) is 5.92 Å². The van der Waals surface area contributed by atoms with Crippen LogP contribution in [0.4, 0.5) is 0 Å². The summed E-state index contributed by atoms with van der Waals surface area (Å²) in [5.74, 6) is 1.03. The molecule has 26 heavy (non-hydrogen) atoms. The minimum Gasteiger partial charge on any atom is -0.508 e. The average molecular weight is 374 g/mol. The first-order valence-electron chi connectivity index (χ1n) is 9.70. The fourth-order valence-corrected chi connectivity index (χ4v) is 4.49. The number of piperidine rings is 1. The van der Waals surface area contributed by atoms with E-state index in [1.165, 1.54) is 36.9 Å². The summed E-state index contributed by atoms with van der Waals surface area (Å²) in [5, 5.41) is 9.69. The van der Waals surface area contributed by atoms with Crippen molar-refractivity contribution < 1.29 is 5.11 Å². The lowest BCUT2D eigenvalue weighted by molar-refractivity contribution is 0.0890. The summed E-state index contributed by atoms with van der Waals surface area (Å²) in [4.78, 5) is 2.65. The van der Waals surface area contributed by atoms with Crippen LogP contribution in [0.3, 0.4) is 0 Å². The molecule has 1 N–H and O–H groups in total. The van der Waals surface area contributed by atoms with E-state index in [0.717, 1.165) is 19.5 Å². The molecule has 3 heteroatoms. The number of benzene rings is 2. The Kier molecular flexibility index (Phi) is 7.55. The summed E-state index contributed by atoms with van der Waals surface area (Å²) in [6.45, 7) is 8.15. The lowest BCUT2D eigenvalue weighted by atomic mass is 9.65. The molecule has 2 atom stereocenters. The first-order chi connectivity index (χ1) is 12.1. The summed E-state index contributed by atoms with van der Waals surface area (Å²) >= 11 is 0. The third kappa shape index (κ3) is 4.61. The second kappa shape index (κ2) is 9.43. The topological polar surface area (TPSA) is 23.5 Å². The van der Waals surface area contributed by atoms with E-state index in [1.54, 1.807) is 0 Å². The van der Waals surface area contributed by atoms with Crippen LogP contribution < -0.4 is 0 Å². The van der Waals surface area contributed by atoms with Gasteiger partial charge in [0.15, 0.2) is 0 Å². The molecule has 2 aromatic rings. The predicted molar refractivity (Wildman–Crippen MR) is 112 cm³/mol. The minimum atomic E-state index is 0. The van der Waals surface area contributed by atoms with Crippen molar-refractivity contribution in [3.63, 3.8) is 0 Å². The first kappa shape index (κ1) is 20.8. The van der Waals surface area contributed by atoms with Crippen molar-refractivity contribution in [3.05, 3.63) is 65.7 Å². The Labute approximate surface area is 164 Å². The van der Waals surface area contributed by atoms with Gasteiger partial charge in [-0.3, -0.25) is 0 Å².